The predicted octanol–water partition coefficient (Wildman–Crippen LogP) is 5.31. The van der Waals surface area contributed by atoms with Crippen molar-refractivity contribution in [2.75, 3.05) is 6.54 Å². The smallest absolute Gasteiger partial charge is 0.207 e. The third-order valence-electron chi connectivity index (χ3n) is 4.75. The minimum atomic E-state index is 0.748. The molecule has 1 aliphatic rings. The number of allylic oxidation sites excluding steroid dienone is 10. The molecule has 1 N–H and O–H groups in total. The van der Waals surface area contributed by atoms with Crippen LogP contribution in [0, 0.1) is 6.92 Å². The van der Waals surface area contributed by atoms with Crippen LogP contribution in [-0.2, 0) is 11.3 Å². The van der Waals surface area contributed by atoms with Crippen molar-refractivity contribution < 1.29 is 4.79 Å². The number of hydrogen-bond donors (Lipinski definition) is 1. The molecule has 0 unspecified atom stereocenters. The fourth-order valence-electron chi connectivity index (χ4n) is 3.29. The number of carbonyl (C=O) groups excluding carboxylic acids is 1. The summed E-state index contributed by atoms with van der Waals surface area (Å²) in [5, 5.41) is 2.72. The molecule has 4 heteroatoms. The molecular weight excluding hydrogens is 358 g/mol. The third kappa shape index (κ3) is 6.48. The second kappa shape index (κ2) is 12.4. The summed E-state index contributed by atoms with van der Waals surface area (Å²) in [5.41, 5.74) is 7.37. The first-order valence-corrected chi connectivity index (χ1v) is 10.2. The van der Waals surface area contributed by atoms with Crippen LogP contribution < -0.4 is 5.32 Å². The number of nitrogens with one attached hydrogen (secondary N) is 1. The maximum Gasteiger partial charge on any atom is 0.207 e. The third-order valence-corrected chi connectivity index (χ3v) is 4.75. The molecule has 0 saturated heterocycles. The van der Waals surface area contributed by atoms with E-state index in [-0.39, 0.29) is 0 Å². The number of aryl methyl sites for hydroxylation is 1. The summed E-state index contributed by atoms with van der Waals surface area (Å²) in [6, 6.07) is 0. The lowest BCUT2D eigenvalue weighted by molar-refractivity contribution is -0.109. The summed E-state index contributed by atoms with van der Waals surface area (Å²) in [4.78, 5) is 15.2. The van der Waals surface area contributed by atoms with Gasteiger partial charge in [0.25, 0.3) is 0 Å². The molecule has 0 aliphatic heterocycles. The summed E-state index contributed by atoms with van der Waals surface area (Å²) in [6.45, 7) is 9.71. The van der Waals surface area contributed by atoms with Crippen LogP contribution in [0.1, 0.15) is 49.8 Å². The largest absolute Gasteiger partial charge is 0.359 e. The number of unbranched alkanes of at least 4 members (excludes halogenated alkanes) is 3. The Morgan fingerprint density at radius 2 is 2.10 bits per heavy atom. The SMILES string of the molecule is C=C/C(=C\C=C/C)c1nc(C)n(CCCCCCNC=O)c1C1=CC=CC=C=C1. The normalized spacial score (nSPS) is 13.6. The quantitative estimate of drug-likeness (QED) is 0.228. The average Bonchev–Trinajstić information content (AvgIpc) is 2.89. The van der Waals surface area contributed by atoms with Crippen LogP contribution >= 0.6 is 0 Å². The van der Waals surface area contributed by atoms with E-state index in [1.54, 1.807) is 0 Å². The summed E-state index contributed by atoms with van der Waals surface area (Å²) in [6.07, 6.45) is 23.0. The van der Waals surface area contributed by atoms with E-state index in [1.807, 2.05) is 49.5 Å². The maximum atomic E-state index is 10.3. The summed E-state index contributed by atoms with van der Waals surface area (Å²) in [7, 11) is 0. The highest BCUT2D eigenvalue weighted by Crippen LogP contribution is 2.29. The van der Waals surface area contributed by atoms with E-state index in [2.05, 4.69) is 41.3 Å². The van der Waals surface area contributed by atoms with Gasteiger partial charge in [-0.05, 0) is 38.8 Å². The number of rotatable bonds is 12. The van der Waals surface area contributed by atoms with Gasteiger partial charge in [0.2, 0.25) is 6.41 Å². The Hall–Kier alpha value is -3.10. The van der Waals surface area contributed by atoms with Crippen molar-refractivity contribution in [2.45, 2.75) is 46.1 Å². The van der Waals surface area contributed by atoms with Crippen LogP contribution in [0.4, 0.5) is 0 Å². The molecule has 1 aromatic rings. The van der Waals surface area contributed by atoms with Crippen LogP contribution in [0.25, 0.3) is 11.1 Å². The van der Waals surface area contributed by atoms with Crippen LogP contribution in [0.3, 0.4) is 0 Å². The molecule has 1 amide bonds. The lowest BCUT2D eigenvalue weighted by Gasteiger charge is -2.12. The number of carbonyl (C=O) groups is 1. The van der Waals surface area contributed by atoms with E-state index in [9.17, 15) is 4.79 Å². The van der Waals surface area contributed by atoms with Crippen LogP contribution in [-0.4, -0.2) is 22.5 Å². The van der Waals surface area contributed by atoms with Crippen LogP contribution in [0.15, 0.2) is 67.0 Å². The Balaban J connectivity index is 2.31. The van der Waals surface area contributed by atoms with E-state index in [4.69, 9.17) is 4.98 Å². The first kappa shape index (κ1) is 22.2. The number of imidazole rings is 1. The van der Waals surface area contributed by atoms with Gasteiger partial charge >= 0.3 is 0 Å². The molecule has 0 atom stereocenters. The zero-order chi connectivity index (χ0) is 20.9. The molecule has 1 aromatic heterocycles. The first-order valence-electron chi connectivity index (χ1n) is 10.2. The topological polar surface area (TPSA) is 46.9 Å². The first-order chi connectivity index (χ1) is 14.2. The highest BCUT2D eigenvalue weighted by molar-refractivity contribution is 5.85. The fraction of sp³-hybridized carbons (Fsp3) is 0.320. The lowest BCUT2D eigenvalue weighted by Crippen LogP contribution is -2.11. The van der Waals surface area contributed by atoms with Crippen molar-refractivity contribution in [3.63, 3.8) is 0 Å². The van der Waals surface area contributed by atoms with Crippen molar-refractivity contribution in [3.8, 4) is 0 Å². The van der Waals surface area contributed by atoms with Gasteiger partial charge < -0.3 is 9.88 Å². The standard InChI is InChI=1S/C25H31N3O/c1-4-6-15-22(5-2)24-25(23-16-11-7-8-12-17-23)28(21(3)27-24)19-14-10-9-13-18-26-20-29/h4-8,11,15-17,20H,2,9-10,13-14,18-19H2,1,3H3,(H,26,29)/b6-4-,22-15+. The van der Waals surface area contributed by atoms with E-state index in [0.29, 0.717) is 0 Å². The number of aromatic nitrogens is 2. The molecule has 4 nitrogen and oxygen atoms in total. The molecule has 2 rings (SSSR count). The van der Waals surface area contributed by atoms with Gasteiger partial charge in [-0.15, -0.1) is 5.73 Å². The Kier molecular flexibility index (Phi) is 9.47. The second-order valence-corrected chi connectivity index (χ2v) is 6.83. The van der Waals surface area contributed by atoms with Gasteiger partial charge in [0, 0.05) is 24.2 Å². The van der Waals surface area contributed by atoms with E-state index < -0.39 is 0 Å². The number of amides is 1. The molecule has 0 spiro atoms. The lowest BCUT2D eigenvalue weighted by atomic mass is 10.0. The van der Waals surface area contributed by atoms with Crippen molar-refractivity contribution in [1.82, 2.24) is 14.9 Å². The molecule has 0 fully saturated rings. The fourth-order valence-corrected chi connectivity index (χ4v) is 3.29. The Labute approximate surface area is 174 Å². The Morgan fingerprint density at radius 3 is 2.86 bits per heavy atom. The molecule has 0 aromatic carbocycles. The van der Waals surface area contributed by atoms with Gasteiger partial charge in [0.15, 0.2) is 0 Å². The molecular formula is C25H31N3O. The molecule has 152 valence electrons. The monoisotopic (exact) mass is 389 g/mol. The van der Waals surface area contributed by atoms with Crippen molar-refractivity contribution in [3.05, 3.63) is 84.2 Å². The molecule has 1 heterocycles. The molecule has 0 radical (unpaired) electrons. The van der Waals surface area contributed by atoms with Crippen LogP contribution in [0.2, 0.25) is 0 Å². The number of nitrogens with zero attached hydrogens (tertiary/aromatic N) is 2. The zero-order valence-electron chi connectivity index (χ0n) is 17.5. The second-order valence-electron chi connectivity index (χ2n) is 6.83. The van der Waals surface area contributed by atoms with Gasteiger partial charge in [-0.3, -0.25) is 4.79 Å². The zero-order valence-corrected chi connectivity index (χ0v) is 17.5. The van der Waals surface area contributed by atoms with Gasteiger partial charge in [-0.2, -0.15) is 0 Å². The maximum absolute atomic E-state index is 10.3. The van der Waals surface area contributed by atoms with Crippen molar-refractivity contribution in [1.29, 1.82) is 0 Å². The van der Waals surface area contributed by atoms with Crippen molar-refractivity contribution >= 4 is 17.6 Å². The average molecular weight is 390 g/mol. The summed E-state index contributed by atoms with van der Waals surface area (Å²) < 4.78 is 2.30. The Morgan fingerprint density at radius 1 is 1.28 bits per heavy atom. The molecule has 0 bridgehead atoms. The van der Waals surface area contributed by atoms with Gasteiger partial charge in [-0.1, -0.05) is 62.0 Å². The van der Waals surface area contributed by atoms with Gasteiger partial charge in [0.1, 0.15) is 5.82 Å². The summed E-state index contributed by atoms with van der Waals surface area (Å²) >= 11 is 0. The van der Waals surface area contributed by atoms with Crippen LogP contribution in [0.5, 0.6) is 0 Å². The number of hydrogen-bond acceptors (Lipinski definition) is 2. The Bertz CT molecular complexity index is 887. The highest BCUT2D eigenvalue weighted by atomic mass is 16.1. The van der Waals surface area contributed by atoms with E-state index in [0.717, 1.165) is 73.5 Å². The van der Waals surface area contributed by atoms with E-state index in [1.165, 1.54) is 0 Å². The van der Waals surface area contributed by atoms with E-state index >= 15 is 0 Å². The summed E-state index contributed by atoms with van der Waals surface area (Å²) in [5.74, 6) is 0.998. The molecule has 1 aliphatic carbocycles. The highest BCUT2D eigenvalue weighted by Gasteiger charge is 2.18. The minimum absolute atomic E-state index is 0.748. The molecule has 29 heavy (non-hydrogen) atoms. The van der Waals surface area contributed by atoms with Crippen molar-refractivity contribution in [2.24, 2.45) is 0 Å². The van der Waals surface area contributed by atoms with Gasteiger partial charge in [0.05, 0.1) is 11.4 Å². The predicted molar refractivity (Wildman–Crippen MR) is 122 cm³/mol. The minimum Gasteiger partial charge on any atom is -0.359 e. The van der Waals surface area contributed by atoms with Gasteiger partial charge in [-0.25, -0.2) is 4.98 Å². The molecule has 0 saturated carbocycles.